The highest BCUT2D eigenvalue weighted by Gasteiger charge is 2.42. The molecule has 2 bridgehead atoms. The molecule has 0 aromatic rings. The summed E-state index contributed by atoms with van der Waals surface area (Å²) in [4.78, 5) is 24.9. The van der Waals surface area contributed by atoms with Crippen LogP contribution in [0.4, 0.5) is 0 Å². The van der Waals surface area contributed by atoms with E-state index in [0.717, 1.165) is 37.7 Å². The van der Waals surface area contributed by atoms with E-state index in [4.69, 9.17) is 14.6 Å². The Morgan fingerprint density at radius 3 is 2.71 bits per heavy atom. The van der Waals surface area contributed by atoms with Gasteiger partial charge in [-0.05, 0) is 87.0 Å². The zero-order valence-electron chi connectivity index (χ0n) is 23.2. The van der Waals surface area contributed by atoms with Crippen LogP contribution in [0.1, 0.15) is 78.1 Å². The van der Waals surface area contributed by atoms with Gasteiger partial charge < -0.3 is 19.7 Å². The first-order valence-corrected chi connectivity index (χ1v) is 14.7. The Hall–Kier alpha value is -2.02. The summed E-state index contributed by atoms with van der Waals surface area (Å²) in [6.07, 6.45) is 12.0. The summed E-state index contributed by atoms with van der Waals surface area (Å²) in [5.41, 5.74) is 3.31. The lowest BCUT2D eigenvalue weighted by Gasteiger charge is -2.39. The quantitative estimate of drug-likeness (QED) is 0.242. The van der Waals surface area contributed by atoms with Gasteiger partial charge in [0.05, 0.1) is 6.10 Å². The van der Waals surface area contributed by atoms with Crippen molar-refractivity contribution in [2.24, 2.45) is 29.6 Å². The standard InChI is InChI=1S/C32H46O6/c1-5-26-21(4)32(36)38-29(26)16-19(2)27-13-12-24-17-25(27)9-6-8-22(24)10-11-23-18-28(34)31(30(35)20(23)3)37-15-7-14-33/h10-11,19,24-29,31,33-34H,3-9,12-18H2,1-2H3/b22-10+,23-11-/t19-,24-,25-,26+,27-,28-,29+,31+/m1/s1. The van der Waals surface area contributed by atoms with Gasteiger partial charge in [-0.2, -0.15) is 0 Å². The fourth-order valence-corrected chi connectivity index (χ4v) is 7.43. The summed E-state index contributed by atoms with van der Waals surface area (Å²) in [6.45, 7) is 12.7. The molecule has 3 aliphatic carbocycles. The molecule has 1 saturated heterocycles. The summed E-state index contributed by atoms with van der Waals surface area (Å²) < 4.78 is 11.2. The minimum atomic E-state index is -0.895. The Morgan fingerprint density at radius 1 is 1.18 bits per heavy atom. The average Bonchev–Trinajstić information content (AvgIpc) is 3.06. The first-order valence-electron chi connectivity index (χ1n) is 14.7. The van der Waals surface area contributed by atoms with E-state index in [1.54, 1.807) is 0 Å². The van der Waals surface area contributed by atoms with Crippen molar-refractivity contribution in [2.45, 2.75) is 96.4 Å². The number of carbonyl (C=O) groups excluding carboxylic acids is 2. The van der Waals surface area contributed by atoms with Gasteiger partial charge in [0.2, 0.25) is 0 Å². The Labute approximate surface area is 227 Å². The van der Waals surface area contributed by atoms with Crippen LogP contribution in [0.3, 0.4) is 0 Å². The van der Waals surface area contributed by atoms with Crippen LogP contribution in [-0.4, -0.2) is 53.5 Å². The van der Waals surface area contributed by atoms with Gasteiger partial charge in [-0.25, -0.2) is 4.79 Å². The number of carbonyl (C=O) groups is 2. The number of ether oxygens (including phenoxy) is 2. The summed E-state index contributed by atoms with van der Waals surface area (Å²) in [6, 6.07) is 0. The van der Waals surface area contributed by atoms with E-state index in [2.05, 4.69) is 33.1 Å². The van der Waals surface area contributed by atoms with Gasteiger partial charge in [-0.15, -0.1) is 0 Å². The van der Waals surface area contributed by atoms with E-state index < -0.39 is 12.2 Å². The van der Waals surface area contributed by atoms with Crippen molar-refractivity contribution in [3.8, 4) is 0 Å². The highest BCUT2D eigenvalue weighted by Crippen LogP contribution is 2.48. The van der Waals surface area contributed by atoms with E-state index in [0.29, 0.717) is 47.7 Å². The molecule has 0 aromatic carbocycles. The number of allylic oxidation sites excluding steroid dienone is 3. The summed E-state index contributed by atoms with van der Waals surface area (Å²) in [7, 11) is 0. The Kier molecular flexibility index (Phi) is 9.83. The maximum absolute atomic E-state index is 12.8. The molecule has 38 heavy (non-hydrogen) atoms. The molecule has 4 fully saturated rings. The van der Waals surface area contributed by atoms with Crippen LogP contribution in [0, 0.1) is 29.6 Å². The van der Waals surface area contributed by atoms with Gasteiger partial charge >= 0.3 is 5.97 Å². The van der Waals surface area contributed by atoms with Crippen LogP contribution in [0.5, 0.6) is 0 Å². The third kappa shape index (κ3) is 6.24. The molecule has 6 nitrogen and oxygen atoms in total. The van der Waals surface area contributed by atoms with Gasteiger partial charge in [0.1, 0.15) is 12.2 Å². The second-order valence-electron chi connectivity index (χ2n) is 11.9. The molecule has 0 amide bonds. The SMILES string of the molecule is C=C1C(=O)[C@@H](OCCCO)[C@H](O)C/C1=C/C=C1\CCC[C@@H]2C[C@H]1CC[C@@H]2[C@H](C)C[C@@H]1OC(=O)C(=C)[C@@H]1CC. The van der Waals surface area contributed by atoms with Crippen LogP contribution < -0.4 is 0 Å². The van der Waals surface area contributed by atoms with E-state index in [9.17, 15) is 14.7 Å². The fourth-order valence-electron chi connectivity index (χ4n) is 7.43. The van der Waals surface area contributed by atoms with Crippen LogP contribution >= 0.6 is 0 Å². The van der Waals surface area contributed by atoms with Crippen molar-refractivity contribution < 1.29 is 29.3 Å². The number of aliphatic hydroxyl groups is 2. The number of fused-ring (bicyclic) bond motifs is 2. The molecule has 4 rings (SSSR count). The van der Waals surface area contributed by atoms with Crippen LogP contribution in [0.2, 0.25) is 0 Å². The fraction of sp³-hybridized carbons (Fsp3) is 0.688. The zero-order chi connectivity index (χ0) is 27.4. The minimum Gasteiger partial charge on any atom is -0.458 e. The molecule has 6 heteroatoms. The third-order valence-corrected chi connectivity index (χ3v) is 9.62. The smallest absolute Gasteiger partial charge is 0.334 e. The van der Waals surface area contributed by atoms with Crippen molar-refractivity contribution in [1.29, 1.82) is 0 Å². The molecule has 1 heterocycles. The molecule has 1 aliphatic heterocycles. The largest absolute Gasteiger partial charge is 0.458 e. The molecule has 4 aliphatic rings. The Bertz CT molecular complexity index is 976. The van der Waals surface area contributed by atoms with Gasteiger partial charge in [-0.1, -0.05) is 44.7 Å². The summed E-state index contributed by atoms with van der Waals surface area (Å²) in [5, 5.41) is 19.5. The molecule has 2 N–H and O–H groups in total. The van der Waals surface area contributed by atoms with Gasteiger partial charge in [0.15, 0.2) is 5.78 Å². The molecule has 0 aromatic heterocycles. The number of cyclic esters (lactones) is 1. The Morgan fingerprint density at radius 2 is 1.97 bits per heavy atom. The molecular formula is C32H46O6. The predicted octanol–water partition coefficient (Wildman–Crippen LogP) is 5.25. The highest BCUT2D eigenvalue weighted by molar-refractivity contribution is 6.03. The van der Waals surface area contributed by atoms with E-state index >= 15 is 0 Å². The number of esters is 1. The molecule has 8 atom stereocenters. The number of rotatable bonds is 9. The van der Waals surface area contributed by atoms with Gasteiger partial charge in [0, 0.05) is 36.7 Å². The zero-order valence-corrected chi connectivity index (χ0v) is 23.2. The topological polar surface area (TPSA) is 93.1 Å². The number of hydrogen-bond donors (Lipinski definition) is 2. The average molecular weight is 527 g/mol. The third-order valence-electron chi connectivity index (χ3n) is 9.62. The molecule has 3 saturated carbocycles. The number of aliphatic hydroxyl groups excluding tert-OH is 2. The number of ketones is 1. The monoisotopic (exact) mass is 526 g/mol. The van der Waals surface area contributed by atoms with Gasteiger partial charge in [-0.3, -0.25) is 4.79 Å². The molecule has 0 unspecified atom stereocenters. The minimum absolute atomic E-state index is 0.0101. The first-order chi connectivity index (χ1) is 18.2. The lowest BCUT2D eigenvalue weighted by Crippen LogP contribution is -2.42. The van der Waals surface area contributed by atoms with E-state index in [1.807, 2.05) is 6.08 Å². The Balaban J connectivity index is 1.37. The van der Waals surface area contributed by atoms with Crippen molar-refractivity contribution in [2.75, 3.05) is 13.2 Å². The second kappa shape index (κ2) is 12.9. The second-order valence-corrected chi connectivity index (χ2v) is 11.9. The molecule has 0 spiro atoms. The maximum Gasteiger partial charge on any atom is 0.334 e. The van der Waals surface area contributed by atoms with E-state index in [-0.39, 0.29) is 37.0 Å². The van der Waals surface area contributed by atoms with Crippen molar-refractivity contribution in [3.63, 3.8) is 0 Å². The lowest BCUT2D eigenvalue weighted by atomic mass is 9.66. The van der Waals surface area contributed by atoms with Crippen molar-refractivity contribution in [3.05, 3.63) is 47.6 Å². The van der Waals surface area contributed by atoms with Crippen LogP contribution in [0.15, 0.2) is 47.6 Å². The summed E-state index contributed by atoms with van der Waals surface area (Å²) in [5.74, 6) is 2.09. The first kappa shape index (κ1) is 29.0. The predicted molar refractivity (Wildman–Crippen MR) is 147 cm³/mol. The molecule has 0 radical (unpaired) electrons. The lowest BCUT2D eigenvalue weighted by molar-refractivity contribution is -0.140. The number of Topliss-reactive ketones (excluding diaryl/α,β-unsaturated/α-hetero) is 1. The van der Waals surface area contributed by atoms with Crippen LogP contribution in [-0.2, 0) is 19.1 Å². The normalized spacial score (nSPS) is 37.0. The highest BCUT2D eigenvalue weighted by atomic mass is 16.6. The summed E-state index contributed by atoms with van der Waals surface area (Å²) >= 11 is 0. The van der Waals surface area contributed by atoms with Crippen molar-refractivity contribution in [1.82, 2.24) is 0 Å². The van der Waals surface area contributed by atoms with E-state index in [1.165, 1.54) is 24.8 Å². The number of hydrogen-bond acceptors (Lipinski definition) is 6. The maximum atomic E-state index is 12.8. The molecule has 210 valence electrons. The van der Waals surface area contributed by atoms with Gasteiger partial charge in [0.25, 0.3) is 0 Å². The van der Waals surface area contributed by atoms with Crippen molar-refractivity contribution >= 4 is 11.8 Å². The molecular weight excluding hydrogens is 480 g/mol. The van der Waals surface area contributed by atoms with Crippen LogP contribution in [0.25, 0.3) is 0 Å².